The first kappa shape index (κ1) is 18.1. The highest BCUT2D eigenvalue weighted by Crippen LogP contribution is 2.13. The lowest BCUT2D eigenvalue weighted by atomic mass is 10.4. The van der Waals surface area contributed by atoms with Crippen molar-refractivity contribution < 1.29 is 21.3 Å². The van der Waals surface area contributed by atoms with Crippen LogP contribution in [0.5, 0.6) is 0 Å². The molecule has 0 amide bonds. The van der Waals surface area contributed by atoms with E-state index in [1.54, 1.807) is 6.07 Å². The predicted octanol–water partition coefficient (Wildman–Crippen LogP) is 0.492. The summed E-state index contributed by atoms with van der Waals surface area (Å²) in [6, 6.07) is 3.00. The van der Waals surface area contributed by atoms with E-state index >= 15 is 0 Å². The Morgan fingerprint density at radius 1 is 1.14 bits per heavy atom. The Balaban J connectivity index is 2.50. The Labute approximate surface area is 126 Å². The molecule has 0 bridgehead atoms. The highest BCUT2D eigenvalue weighted by molar-refractivity contribution is 7.90. The maximum absolute atomic E-state index is 11.9. The first-order valence-electron chi connectivity index (χ1n) is 6.71. The third kappa shape index (κ3) is 7.07. The topological polar surface area (TPSA) is 105 Å². The third-order valence-electron chi connectivity index (χ3n) is 2.61. The monoisotopic (exact) mass is 338 g/mol. The minimum absolute atomic E-state index is 0.0551. The minimum Gasteiger partial charge on any atom is -0.447 e. The molecule has 21 heavy (non-hydrogen) atoms. The van der Waals surface area contributed by atoms with Crippen molar-refractivity contribution in [3.8, 4) is 0 Å². The lowest BCUT2D eigenvalue weighted by Gasteiger charge is -2.04. The maximum atomic E-state index is 11.9. The average molecular weight is 338 g/mol. The molecule has 0 spiro atoms. The molecule has 0 aromatic carbocycles. The number of hydrogen-bond acceptors (Lipinski definition) is 6. The summed E-state index contributed by atoms with van der Waals surface area (Å²) in [7, 11) is -6.81. The summed E-state index contributed by atoms with van der Waals surface area (Å²) in [4.78, 5) is 0. The first-order valence-corrected chi connectivity index (χ1v) is 10.3. The van der Waals surface area contributed by atoms with E-state index in [0.29, 0.717) is 12.3 Å². The van der Waals surface area contributed by atoms with Crippen LogP contribution < -0.4 is 10.0 Å². The van der Waals surface area contributed by atoms with Crippen molar-refractivity contribution in [2.24, 2.45) is 0 Å². The molecule has 2 N–H and O–H groups in total. The van der Waals surface area contributed by atoms with Crippen LogP contribution in [0.2, 0.25) is 0 Å². The normalized spacial score (nSPS) is 12.7. The van der Waals surface area contributed by atoms with Gasteiger partial charge in [-0.1, -0.05) is 6.92 Å². The van der Waals surface area contributed by atoms with Gasteiger partial charge in [-0.3, -0.25) is 0 Å². The Morgan fingerprint density at radius 2 is 1.86 bits per heavy atom. The maximum Gasteiger partial charge on any atom is 0.273 e. The Morgan fingerprint density at radius 3 is 2.48 bits per heavy atom. The van der Waals surface area contributed by atoms with Gasteiger partial charge in [-0.25, -0.2) is 21.6 Å². The molecule has 0 unspecified atom stereocenters. The van der Waals surface area contributed by atoms with Crippen molar-refractivity contribution in [3.05, 3.63) is 17.9 Å². The Kier molecular flexibility index (Phi) is 6.85. The van der Waals surface area contributed by atoms with Crippen LogP contribution in [0.25, 0.3) is 0 Å². The van der Waals surface area contributed by atoms with E-state index < -0.39 is 19.9 Å². The fourth-order valence-electron chi connectivity index (χ4n) is 1.60. The molecule has 0 aliphatic heterocycles. The van der Waals surface area contributed by atoms with E-state index in [1.807, 2.05) is 6.92 Å². The molecule has 1 aromatic heterocycles. The minimum atomic E-state index is -3.73. The molecule has 1 heterocycles. The molecular formula is C12H22N2O5S2. The predicted molar refractivity (Wildman–Crippen MR) is 80.2 cm³/mol. The first-order chi connectivity index (χ1) is 9.74. The molecular weight excluding hydrogens is 316 g/mol. The highest BCUT2D eigenvalue weighted by Gasteiger charge is 2.18. The fourth-order valence-corrected chi connectivity index (χ4v) is 3.29. The molecule has 1 rings (SSSR count). The molecule has 0 radical (unpaired) electrons. The van der Waals surface area contributed by atoms with Gasteiger partial charge in [0, 0.05) is 12.8 Å². The van der Waals surface area contributed by atoms with Crippen molar-refractivity contribution in [1.29, 1.82) is 0 Å². The largest absolute Gasteiger partial charge is 0.447 e. The molecule has 0 aliphatic rings. The van der Waals surface area contributed by atoms with Crippen LogP contribution in [0, 0.1) is 0 Å². The molecule has 0 saturated carbocycles. The van der Waals surface area contributed by atoms with Crippen LogP contribution >= 0.6 is 0 Å². The molecule has 9 heteroatoms. The zero-order chi connectivity index (χ0) is 15.9. The van der Waals surface area contributed by atoms with Gasteiger partial charge in [0.25, 0.3) is 10.0 Å². The summed E-state index contributed by atoms with van der Waals surface area (Å²) in [5, 5.41) is 2.95. The Hall–Kier alpha value is -0.900. The van der Waals surface area contributed by atoms with Crippen molar-refractivity contribution >= 4 is 19.9 Å². The summed E-state index contributed by atoms with van der Waals surface area (Å²) in [5.41, 5.74) is 0. The van der Waals surface area contributed by atoms with Gasteiger partial charge in [-0.05, 0) is 31.5 Å². The number of sulfone groups is 1. The van der Waals surface area contributed by atoms with Gasteiger partial charge in [0.05, 0.1) is 12.3 Å². The second-order valence-electron chi connectivity index (χ2n) is 4.78. The standard InChI is InChI=1S/C12H22N2O5S2/c1-3-7-13-10-11-5-6-12(19-11)21(17,18)14-8-4-9-20(2,15)16/h5-6,13-14H,3-4,7-10H2,1-2H3. The molecule has 122 valence electrons. The number of rotatable bonds is 10. The zero-order valence-electron chi connectivity index (χ0n) is 12.3. The van der Waals surface area contributed by atoms with Gasteiger partial charge in [-0.15, -0.1) is 0 Å². The summed E-state index contributed by atoms with van der Waals surface area (Å²) in [6.07, 6.45) is 2.32. The van der Waals surface area contributed by atoms with Crippen LogP contribution in [-0.2, 0) is 26.4 Å². The second-order valence-corrected chi connectivity index (χ2v) is 8.74. The van der Waals surface area contributed by atoms with Gasteiger partial charge in [0.15, 0.2) is 0 Å². The highest BCUT2D eigenvalue weighted by atomic mass is 32.2. The lowest BCUT2D eigenvalue weighted by molar-refractivity contribution is 0.400. The van der Waals surface area contributed by atoms with Gasteiger partial charge < -0.3 is 9.73 Å². The van der Waals surface area contributed by atoms with Crippen molar-refractivity contribution in [1.82, 2.24) is 10.0 Å². The molecule has 7 nitrogen and oxygen atoms in total. The summed E-state index contributed by atoms with van der Waals surface area (Å²) < 4.78 is 53.3. The van der Waals surface area contributed by atoms with Crippen LogP contribution in [0.15, 0.2) is 21.6 Å². The van der Waals surface area contributed by atoms with Gasteiger partial charge >= 0.3 is 0 Å². The van der Waals surface area contributed by atoms with E-state index in [9.17, 15) is 16.8 Å². The second kappa shape index (κ2) is 7.92. The summed E-state index contributed by atoms with van der Waals surface area (Å²) in [5.74, 6) is 0.486. The van der Waals surface area contributed by atoms with Gasteiger partial charge in [-0.2, -0.15) is 0 Å². The SMILES string of the molecule is CCCNCc1ccc(S(=O)(=O)NCCCS(C)(=O)=O)o1. The van der Waals surface area contributed by atoms with Crippen molar-refractivity contribution in [3.63, 3.8) is 0 Å². The zero-order valence-corrected chi connectivity index (χ0v) is 13.9. The Bertz CT molecular complexity index is 634. The molecule has 0 saturated heterocycles. The van der Waals surface area contributed by atoms with Crippen LogP contribution in [0.1, 0.15) is 25.5 Å². The molecule has 0 aliphatic carbocycles. The average Bonchev–Trinajstić information content (AvgIpc) is 2.84. The lowest BCUT2D eigenvalue weighted by Crippen LogP contribution is -2.25. The van der Waals surface area contributed by atoms with Crippen LogP contribution in [0.3, 0.4) is 0 Å². The van der Waals surface area contributed by atoms with Gasteiger partial charge in [0.2, 0.25) is 5.09 Å². The van der Waals surface area contributed by atoms with E-state index in [0.717, 1.165) is 19.2 Å². The van der Waals surface area contributed by atoms with Crippen molar-refractivity contribution in [2.75, 3.05) is 25.1 Å². The quantitative estimate of drug-likeness (QED) is 0.602. The number of furan rings is 1. The number of hydrogen-bond donors (Lipinski definition) is 2. The van der Waals surface area contributed by atoms with Crippen LogP contribution in [-0.4, -0.2) is 41.9 Å². The fraction of sp³-hybridized carbons (Fsp3) is 0.667. The number of nitrogens with one attached hydrogen (secondary N) is 2. The molecule has 0 fully saturated rings. The van der Waals surface area contributed by atoms with E-state index in [4.69, 9.17) is 4.42 Å². The summed E-state index contributed by atoms with van der Waals surface area (Å²) in [6.45, 7) is 3.38. The van der Waals surface area contributed by atoms with Crippen molar-refractivity contribution in [2.45, 2.75) is 31.4 Å². The van der Waals surface area contributed by atoms with Gasteiger partial charge in [0.1, 0.15) is 15.6 Å². The van der Waals surface area contributed by atoms with E-state index in [2.05, 4.69) is 10.0 Å². The van der Waals surface area contributed by atoms with E-state index in [1.165, 1.54) is 6.07 Å². The third-order valence-corrected chi connectivity index (χ3v) is 4.98. The number of sulfonamides is 1. The molecule has 1 aromatic rings. The summed E-state index contributed by atoms with van der Waals surface area (Å²) >= 11 is 0. The molecule has 0 atom stereocenters. The van der Waals surface area contributed by atoms with Crippen LogP contribution in [0.4, 0.5) is 0 Å². The van der Waals surface area contributed by atoms with E-state index in [-0.39, 0.29) is 23.8 Å². The smallest absolute Gasteiger partial charge is 0.273 e.